The van der Waals surface area contributed by atoms with Crippen LogP contribution in [0.5, 0.6) is 0 Å². The molecule has 2 aliphatic carbocycles. The Hall–Kier alpha value is -0.730. The van der Waals surface area contributed by atoms with E-state index < -0.39 is 36.7 Å². The number of hydrogen-bond acceptors (Lipinski definition) is 6. The average Bonchev–Trinajstić information content (AvgIpc) is 2.80. The zero-order chi connectivity index (χ0) is 17.2. The molecule has 23 heavy (non-hydrogen) atoms. The van der Waals surface area contributed by atoms with Crippen molar-refractivity contribution in [2.75, 3.05) is 0 Å². The minimum atomic E-state index is -1.69. The maximum atomic E-state index is 11.2. The number of ether oxygens (including phenoxy) is 2. The predicted octanol–water partition coefficient (Wildman–Crippen LogP) is 0.110. The quantitative estimate of drug-likeness (QED) is 0.580. The van der Waals surface area contributed by atoms with Gasteiger partial charge in [-0.2, -0.15) is 0 Å². The molecule has 0 spiro atoms. The number of aliphatic hydroxyl groups is 3. The Morgan fingerprint density at radius 1 is 1.13 bits per heavy atom. The van der Waals surface area contributed by atoms with E-state index in [1.165, 1.54) is 0 Å². The molecule has 2 bridgehead atoms. The van der Waals surface area contributed by atoms with Crippen LogP contribution in [0.1, 0.15) is 40.0 Å². The molecule has 4 N–H and O–H groups in total. The number of carbonyl (C=O) groups is 1. The summed E-state index contributed by atoms with van der Waals surface area (Å²) in [5.74, 6) is -0.874. The van der Waals surface area contributed by atoms with E-state index in [1.54, 1.807) is 0 Å². The first-order valence-corrected chi connectivity index (χ1v) is 8.17. The molecule has 1 heterocycles. The fraction of sp³-hybridized carbons (Fsp3) is 0.938. The zero-order valence-corrected chi connectivity index (χ0v) is 13.7. The maximum Gasteiger partial charge on any atom is 0.335 e. The van der Waals surface area contributed by atoms with Crippen molar-refractivity contribution >= 4 is 5.97 Å². The lowest BCUT2D eigenvalue weighted by atomic mass is 9.70. The Morgan fingerprint density at radius 2 is 1.78 bits per heavy atom. The Morgan fingerprint density at radius 3 is 2.26 bits per heavy atom. The summed E-state index contributed by atoms with van der Waals surface area (Å²) >= 11 is 0. The number of carboxylic acids is 1. The van der Waals surface area contributed by atoms with Gasteiger partial charge in [0, 0.05) is 0 Å². The number of aliphatic carboxylic acids is 1. The molecule has 0 unspecified atom stereocenters. The first kappa shape index (κ1) is 17.1. The summed E-state index contributed by atoms with van der Waals surface area (Å²) in [7, 11) is 0. The molecule has 1 aliphatic heterocycles. The van der Waals surface area contributed by atoms with E-state index in [-0.39, 0.29) is 16.9 Å². The molecule has 3 rings (SSSR count). The summed E-state index contributed by atoms with van der Waals surface area (Å²) in [6.07, 6.45) is -4.86. The molecule has 0 aromatic heterocycles. The third kappa shape index (κ3) is 2.33. The van der Waals surface area contributed by atoms with Crippen LogP contribution in [0, 0.1) is 16.7 Å². The minimum absolute atomic E-state index is 0.0829. The van der Waals surface area contributed by atoms with E-state index >= 15 is 0 Å². The smallest absolute Gasteiger partial charge is 0.335 e. The average molecular weight is 330 g/mol. The molecule has 2 saturated carbocycles. The second-order valence-electron chi connectivity index (χ2n) is 7.97. The Bertz CT molecular complexity index is 493. The third-order valence-corrected chi connectivity index (χ3v) is 6.83. The van der Waals surface area contributed by atoms with E-state index in [0.29, 0.717) is 5.92 Å². The number of hydrogen-bond donors (Lipinski definition) is 4. The van der Waals surface area contributed by atoms with Gasteiger partial charge in [-0.05, 0) is 36.0 Å². The van der Waals surface area contributed by atoms with Gasteiger partial charge in [0.1, 0.15) is 18.3 Å². The first-order chi connectivity index (χ1) is 10.6. The van der Waals surface area contributed by atoms with Gasteiger partial charge >= 0.3 is 5.97 Å². The van der Waals surface area contributed by atoms with Crippen molar-refractivity contribution in [3.63, 3.8) is 0 Å². The first-order valence-electron chi connectivity index (χ1n) is 8.17. The minimum Gasteiger partial charge on any atom is -0.479 e. The highest BCUT2D eigenvalue weighted by Gasteiger charge is 2.63. The van der Waals surface area contributed by atoms with Crippen LogP contribution >= 0.6 is 0 Å². The number of fused-ring (bicyclic) bond motifs is 2. The highest BCUT2D eigenvalue weighted by Crippen LogP contribution is 2.66. The molecule has 0 aromatic rings. The van der Waals surface area contributed by atoms with Gasteiger partial charge < -0.3 is 29.9 Å². The van der Waals surface area contributed by atoms with Crippen LogP contribution < -0.4 is 0 Å². The summed E-state index contributed by atoms with van der Waals surface area (Å²) in [5, 5.41) is 38.8. The van der Waals surface area contributed by atoms with Crippen molar-refractivity contribution in [3.05, 3.63) is 0 Å². The van der Waals surface area contributed by atoms with Crippen molar-refractivity contribution < 1.29 is 34.7 Å². The van der Waals surface area contributed by atoms with Gasteiger partial charge in [0.05, 0.1) is 6.10 Å². The molecule has 3 fully saturated rings. The Kier molecular flexibility index (Phi) is 4.01. The summed E-state index contributed by atoms with van der Waals surface area (Å²) in [6.45, 7) is 6.58. The Labute approximate surface area is 135 Å². The number of rotatable bonds is 3. The fourth-order valence-corrected chi connectivity index (χ4v) is 4.66. The lowest BCUT2D eigenvalue weighted by Gasteiger charge is -2.44. The van der Waals surface area contributed by atoms with Gasteiger partial charge in [0.2, 0.25) is 0 Å². The van der Waals surface area contributed by atoms with Gasteiger partial charge in [0.25, 0.3) is 0 Å². The fourth-order valence-electron chi connectivity index (χ4n) is 4.66. The van der Waals surface area contributed by atoms with Crippen LogP contribution in [-0.4, -0.2) is 63.2 Å². The molecule has 132 valence electrons. The summed E-state index contributed by atoms with van der Waals surface area (Å²) in [5.41, 5.74) is 0.0160. The lowest BCUT2D eigenvalue weighted by molar-refractivity contribution is -0.312. The largest absolute Gasteiger partial charge is 0.479 e. The van der Waals surface area contributed by atoms with Crippen molar-refractivity contribution in [1.82, 2.24) is 0 Å². The van der Waals surface area contributed by atoms with Gasteiger partial charge in [0.15, 0.2) is 12.4 Å². The lowest BCUT2D eigenvalue weighted by Crippen LogP contribution is -2.61. The zero-order valence-electron chi connectivity index (χ0n) is 13.7. The van der Waals surface area contributed by atoms with E-state index in [1.807, 2.05) is 0 Å². The van der Waals surface area contributed by atoms with Gasteiger partial charge in [-0.15, -0.1) is 0 Å². The van der Waals surface area contributed by atoms with E-state index in [4.69, 9.17) is 14.6 Å². The molecule has 8 atom stereocenters. The molecular formula is C16H26O7. The molecule has 7 heteroatoms. The van der Waals surface area contributed by atoms with Crippen LogP contribution in [0.2, 0.25) is 0 Å². The van der Waals surface area contributed by atoms with Gasteiger partial charge in [-0.3, -0.25) is 0 Å². The summed E-state index contributed by atoms with van der Waals surface area (Å²) in [6, 6.07) is 0. The van der Waals surface area contributed by atoms with E-state index in [0.717, 1.165) is 19.3 Å². The van der Waals surface area contributed by atoms with Crippen molar-refractivity contribution in [3.8, 4) is 0 Å². The predicted molar refractivity (Wildman–Crippen MR) is 78.4 cm³/mol. The molecular weight excluding hydrogens is 304 g/mol. The Balaban J connectivity index is 1.76. The van der Waals surface area contributed by atoms with Crippen LogP contribution in [0.25, 0.3) is 0 Å². The summed E-state index contributed by atoms with van der Waals surface area (Å²) < 4.78 is 11.2. The van der Waals surface area contributed by atoms with Crippen LogP contribution in [-0.2, 0) is 14.3 Å². The SMILES string of the molecule is CC1(C)[C@H]2CC[C@@]1(C)[C@H](O[C@@H]1O[C@H](C(=O)O)[C@H](O)[C@H](O)[C@@H]1O)C2. The van der Waals surface area contributed by atoms with Crippen LogP contribution in [0.15, 0.2) is 0 Å². The molecule has 0 radical (unpaired) electrons. The monoisotopic (exact) mass is 330 g/mol. The molecule has 0 amide bonds. The molecule has 7 nitrogen and oxygen atoms in total. The number of carboxylic acid groups (broad SMARTS) is 1. The van der Waals surface area contributed by atoms with Crippen molar-refractivity contribution in [2.45, 2.75) is 76.8 Å². The maximum absolute atomic E-state index is 11.2. The highest BCUT2D eigenvalue weighted by molar-refractivity contribution is 5.73. The number of aliphatic hydroxyl groups excluding tert-OH is 3. The van der Waals surface area contributed by atoms with Crippen molar-refractivity contribution in [2.24, 2.45) is 16.7 Å². The van der Waals surface area contributed by atoms with E-state index in [2.05, 4.69) is 20.8 Å². The third-order valence-electron chi connectivity index (χ3n) is 6.83. The second kappa shape index (κ2) is 5.39. The van der Waals surface area contributed by atoms with Crippen molar-refractivity contribution in [1.29, 1.82) is 0 Å². The molecule has 0 aromatic carbocycles. The standard InChI is InChI=1S/C16H26O7/c1-15(2)7-4-5-16(15,3)8(6-7)22-14-11(19)9(17)10(18)12(23-14)13(20)21/h7-12,14,17-19H,4-6H2,1-3H3,(H,20,21)/t7-,8+,9-,10+,11-,12-,14+,16-/m0/s1. The summed E-state index contributed by atoms with van der Waals surface area (Å²) in [4.78, 5) is 11.2. The second-order valence-corrected chi connectivity index (χ2v) is 7.97. The van der Waals surface area contributed by atoms with Crippen LogP contribution in [0.3, 0.4) is 0 Å². The van der Waals surface area contributed by atoms with Gasteiger partial charge in [-0.25, -0.2) is 4.79 Å². The van der Waals surface area contributed by atoms with Crippen LogP contribution in [0.4, 0.5) is 0 Å². The normalized spacial score (nSPS) is 51.8. The van der Waals surface area contributed by atoms with E-state index in [9.17, 15) is 20.1 Å². The van der Waals surface area contributed by atoms with Gasteiger partial charge in [-0.1, -0.05) is 20.8 Å². The molecule has 3 aliphatic rings. The highest BCUT2D eigenvalue weighted by atomic mass is 16.7. The topological polar surface area (TPSA) is 116 Å². The molecule has 1 saturated heterocycles.